The van der Waals surface area contributed by atoms with Crippen molar-refractivity contribution in [1.29, 1.82) is 0 Å². The van der Waals surface area contributed by atoms with Crippen molar-refractivity contribution in [2.45, 2.75) is 121 Å². The molecule has 344 valence electrons. The van der Waals surface area contributed by atoms with Gasteiger partial charge < -0.3 is 37.6 Å². The fraction of sp³-hybridized carbons (Fsp3) is 0.481. The van der Waals surface area contributed by atoms with E-state index in [4.69, 9.17) is 37.6 Å². The Labute approximate surface area is 380 Å². The van der Waals surface area contributed by atoms with Crippen LogP contribution < -0.4 is 19.8 Å². The van der Waals surface area contributed by atoms with Gasteiger partial charge in [-0.3, -0.25) is 4.79 Å². The number of Topliss-reactive ketones (excluding diaryl/α,β-unsaturated/α-hetero) is 1. The molecule has 0 radical (unpaired) electrons. The van der Waals surface area contributed by atoms with Gasteiger partial charge in [0.05, 0.1) is 58.5 Å². The molecule has 9 nitrogen and oxygen atoms in total. The molecule has 0 unspecified atom stereocenters. The SMILES string of the molecule is C=CC[C@H](C[C@@H](CC(=O)C[C@H](C[C@H](COCOCC[Si](C)(C)C)OCc1ccc(OC)cc1)O[Si](c1ccccc1)(c1ccccc1)C(C)(C)C)OC)OCc1ccc(OC)cc1. The van der Waals surface area contributed by atoms with Gasteiger partial charge >= 0.3 is 0 Å². The zero-order valence-corrected chi connectivity index (χ0v) is 41.4. The Balaban J connectivity index is 1.64. The van der Waals surface area contributed by atoms with Crippen LogP contribution in [0.4, 0.5) is 0 Å². The summed E-state index contributed by atoms with van der Waals surface area (Å²) in [7, 11) is 0.611. The number of rotatable bonds is 30. The Morgan fingerprint density at radius 2 is 1.14 bits per heavy atom. The van der Waals surface area contributed by atoms with Crippen LogP contribution in [0.5, 0.6) is 11.5 Å². The van der Waals surface area contributed by atoms with E-state index >= 15 is 0 Å². The molecule has 4 aromatic rings. The van der Waals surface area contributed by atoms with E-state index in [0.717, 1.165) is 39.0 Å². The second-order valence-electron chi connectivity index (χ2n) is 18.5. The summed E-state index contributed by atoms with van der Waals surface area (Å²) >= 11 is 0. The second kappa shape index (κ2) is 26.1. The molecule has 0 bridgehead atoms. The van der Waals surface area contributed by atoms with Gasteiger partial charge in [0.1, 0.15) is 24.1 Å². The van der Waals surface area contributed by atoms with E-state index in [1.807, 2.05) is 66.7 Å². The van der Waals surface area contributed by atoms with Crippen molar-refractivity contribution < 1.29 is 42.4 Å². The van der Waals surface area contributed by atoms with Crippen molar-refractivity contribution in [3.63, 3.8) is 0 Å². The van der Waals surface area contributed by atoms with Crippen LogP contribution in [0.15, 0.2) is 122 Å². The van der Waals surface area contributed by atoms with Crippen LogP contribution in [0, 0.1) is 0 Å². The highest BCUT2D eigenvalue weighted by atomic mass is 28.4. The van der Waals surface area contributed by atoms with Gasteiger partial charge in [0.15, 0.2) is 0 Å². The summed E-state index contributed by atoms with van der Waals surface area (Å²) in [5.41, 5.74) is 2.03. The average molecular weight is 899 g/mol. The molecule has 0 saturated carbocycles. The predicted molar refractivity (Wildman–Crippen MR) is 260 cm³/mol. The first-order valence-electron chi connectivity index (χ1n) is 22.3. The zero-order valence-electron chi connectivity index (χ0n) is 39.4. The first kappa shape index (κ1) is 51.7. The van der Waals surface area contributed by atoms with Crippen molar-refractivity contribution in [1.82, 2.24) is 0 Å². The molecule has 0 aliphatic rings. The summed E-state index contributed by atoms with van der Waals surface area (Å²) in [6.45, 7) is 19.6. The number of hydrogen-bond donors (Lipinski definition) is 0. The molecule has 0 saturated heterocycles. The molecular formula is C52H74O9Si2. The minimum atomic E-state index is -3.10. The van der Waals surface area contributed by atoms with Crippen molar-refractivity contribution in [2.75, 3.05) is 41.3 Å². The predicted octanol–water partition coefficient (Wildman–Crippen LogP) is 10.2. The van der Waals surface area contributed by atoms with Gasteiger partial charge in [-0.15, -0.1) is 6.58 Å². The summed E-state index contributed by atoms with van der Waals surface area (Å²) in [6, 6.07) is 37.8. The van der Waals surface area contributed by atoms with E-state index in [0.29, 0.717) is 39.1 Å². The van der Waals surface area contributed by atoms with Crippen LogP contribution in [0.3, 0.4) is 0 Å². The fourth-order valence-electron chi connectivity index (χ4n) is 7.70. The molecule has 63 heavy (non-hydrogen) atoms. The first-order chi connectivity index (χ1) is 30.2. The smallest absolute Gasteiger partial charge is 0.261 e. The lowest BCUT2D eigenvalue weighted by molar-refractivity contribution is -0.125. The second-order valence-corrected chi connectivity index (χ2v) is 28.3. The average Bonchev–Trinajstić information content (AvgIpc) is 3.27. The zero-order chi connectivity index (χ0) is 45.7. The molecule has 0 aliphatic carbocycles. The molecule has 4 rings (SSSR count). The van der Waals surface area contributed by atoms with Crippen LogP contribution in [0.25, 0.3) is 0 Å². The number of methoxy groups -OCH3 is 3. The van der Waals surface area contributed by atoms with Crippen LogP contribution in [-0.4, -0.2) is 87.9 Å². The van der Waals surface area contributed by atoms with Crippen LogP contribution in [-0.2, 0) is 46.1 Å². The molecule has 4 atom stereocenters. The van der Waals surface area contributed by atoms with Crippen molar-refractivity contribution in [3.8, 4) is 11.5 Å². The largest absolute Gasteiger partial charge is 0.497 e. The lowest BCUT2D eigenvalue weighted by atomic mass is 9.99. The number of benzene rings is 4. The normalized spacial score (nSPS) is 14.1. The first-order valence-corrected chi connectivity index (χ1v) is 27.9. The Morgan fingerprint density at radius 1 is 0.651 bits per heavy atom. The number of ketones is 1. The van der Waals surface area contributed by atoms with E-state index in [1.54, 1.807) is 21.3 Å². The topological polar surface area (TPSA) is 90.9 Å². The van der Waals surface area contributed by atoms with Crippen LogP contribution in [0.1, 0.15) is 64.0 Å². The third-order valence-corrected chi connectivity index (χ3v) is 18.0. The quantitative estimate of drug-likeness (QED) is 0.0220. The maximum atomic E-state index is 14.5. The number of carbonyl (C=O) groups is 1. The molecule has 0 amide bonds. The van der Waals surface area contributed by atoms with Gasteiger partial charge in [-0.2, -0.15) is 0 Å². The Hall–Kier alpha value is -3.92. The molecule has 0 aliphatic heterocycles. The van der Waals surface area contributed by atoms with E-state index in [2.05, 4.69) is 95.5 Å². The van der Waals surface area contributed by atoms with Crippen molar-refractivity contribution in [2.24, 2.45) is 0 Å². The van der Waals surface area contributed by atoms with Gasteiger partial charge in [0.2, 0.25) is 0 Å². The van der Waals surface area contributed by atoms with E-state index in [1.165, 1.54) is 0 Å². The van der Waals surface area contributed by atoms with Crippen LogP contribution in [0.2, 0.25) is 30.7 Å². The minimum absolute atomic E-state index is 0.0433. The van der Waals surface area contributed by atoms with Crippen molar-refractivity contribution >= 4 is 32.5 Å². The highest BCUT2D eigenvalue weighted by Crippen LogP contribution is 2.39. The van der Waals surface area contributed by atoms with E-state index in [-0.39, 0.29) is 49.3 Å². The molecule has 11 heteroatoms. The van der Waals surface area contributed by atoms with Crippen molar-refractivity contribution in [3.05, 3.63) is 133 Å². The molecule has 0 spiro atoms. The third-order valence-electron chi connectivity index (χ3n) is 11.2. The van der Waals surface area contributed by atoms with E-state index < -0.39 is 28.6 Å². The summed E-state index contributed by atoms with van der Waals surface area (Å²) in [6.07, 6.45) is 2.31. The highest BCUT2D eigenvalue weighted by molar-refractivity contribution is 6.99. The molecule has 0 heterocycles. The van der Waals surface area contributed by atoms with Gasteiger partial charge in [0, 0.05) is 47.5 Å². The van der Waals surface area contributed by atoms with E-state index in [9.17, 15) is 4.79 Å². The number of ether oxygens (including phenoxy) is 7. The van der Waals surface area contributed by atoms with Gasteiger partial charge in [0.25, 0.3) is 8.32 Å². The van der Waals surface area contributed by atoms with Crippen LogP contribution >= 0.6 is 0 Å². The molecule has 0 N–H and O–H groups in total. The standard InChI is InChI=1S/C52H74O9Si2/c1-11-18-46(59-37-41-23-27-44(54-5)28-24-41)35-47(56-7)33-43(53)34-48(61-63(52(2,3)4,50-19-14-12-15-20-50)51-21-16-13-17-22-51)36-49(39-58-40-57-31-32-62(8,9)10)60-38-42-25-29-45(55-6)30-26-42/h11-17,19-30,46-49H,1,18,31-40H2,2-10H3/t46-,47-,48-,49-/m1/s1. The maximum absolute atomic E-state index is 14.5. The lowest BCUT2D eigenvalue weighted by Gasteiger charge is -2.45. The third kappa shape index (κ3) is 17.2. The van der Waals surface area contributed by atoms with Gasteiger partial charge in [-0.1, -0.05) is 131 Å². The summed E-state index contributed by atoms with van der Waals surface area (Å²) in [5, 5.41) is 1.96. The highest BCUT2D eigenvalue weighted by Gasteiger charge is 2.51. The molecule has 4 aromatic carbocycles. The summed E-state index contributed by atoms with van der Waals surface area (Å²) in [4.78, 5) is 14.5. The number of hydrogen-bond acceptors (Lipinski definition) is 9. The Bertz CT molecular complexity index is 1840. The maximum Gasteiger partial charge on any atom is 0.261 e. The lowest BCUT2D eigenvalue weighted by Crippen LogP contribution is -2.68. The fourth-order valence-corrected chi connectivity index (χ4v) is 13.2. The van der Waals surface area contributed by atoms with Gasteiger partial charge in [-0.05, 0) is 63.3 Å². The van der Waals surface area contributed by atoms with Gasteiger partial charge in [-0.25, -0.2) is 0 Å². The Morgan fingerprint density at radius 3 is 1.60 bits per heavy atom. The molecular weight excluding hydrogens is 825 g/mol. The Kier molecular flexibility index (Phi) is 21.5. The molecule has 0 aromatic heterocycles. The summed E-state index contributed by atoms with van der Waals surface area (Å²) in [5.74, 6) is 1.61. The monoisotopic (exact) mass is 898 g/mol. The molecule has 0 fully saturated rings. The number of carbonyl (C=O) groups excluding carboxylic acids is 1. The summed E-state index contributed by atoms with van der Waals surface area (Å²) < 4.78 is 49.7. The minimum Gasteiger partial charge on any atom is -0.497 e.